The predicted molar refractivity (Wildman–Crippen MR) is 102 cm³/mol. The van der Waals surface area contributed by atoms with Gasteiger partial charge >= 0.3 is 0 Å². The van der Waals surface area contributed by atoms with Gasteiger partial charge in [0.1, 0.15) is 5.82 Å². The number of aromatic nitrogens is 1. The average molecular weight is 381 g/mol. The first kappa shape index (κ1) is 19.1. The normalized spacial score (nSPS) is 24.4. The summed E-state index contributed by atoms with van der Waals surface area (Å²) in [5.41, 5.74) is 0. The van der Waals surface area contributed by atoms with Gasteiger partial charge in [0.25, 0.3) is 0 Å². The van der Waals surface area contributed by atoms with Crippen LogP contribution in [-0.4, -0.2) is 85.4 Å². The second-order valence-corrected chi connectivity index (χ2v) is 9.30. The second-order valence-electron chi connectivity index (χ2n) is 7.07. The molecule has 144 valence electrons. The Labute approximate surface area is 155 Å². The number of sulfone groups is 1. The summed E-state index contributed by atoms with van der Waals surface area (Å²) < 4.78 is 23.5. The summed E-state index contributed by atoms with van der Waals surface area (Å²) in [4.78, 5) is 23.6. The van der Waals surface area contributed by atoms with Crippen LogP contribution < -0.4 is 4.90 Å². The molecule has 0 radical (unpaired) electrons. The van der Waals surface area contributed by atoms with Crippen molar-refractivity contribution in [3.05, 3.63) is 24.4 Å². The lowest BCUT2D eigenvalue weighted by molar-refractivity contribution is -0.138. The Kier molecular flexibility index (Phi) is 5.82. The van der Waals surface area contributed by atoms with Gasteiger partial charge in [0.2, 0.25) is 5.91 Å². The van der Waals surface area contributed by atoms with Crippen LogP contribution in [0.25, 0.3) is 0 Å². The number of carbonyl (C=O) groups is 1. The molecule has 2 aliphatic rings. The summed E-state index contributed by atoms with van der Waals surface area (Å²) in [6.45, 7) is 7.67. The van der Waals surface area contributed by atoms with E-state index in [1.807, 2.05) is 32.0 Å². The fourth-order valence-corrected chi connectivity index (χ4v) is 5.62. The highest BCUT2D eigenvalue weighted by atomic mass is 32.2. The minimum Gasteiger partial charge on any atom is -0.354 e. The molecule has 3 rings (SSSR count). The van der Waals surface area contributed by atoms with E-state index in [1.165, 1.54) is 0 Å². The Morgan fingerprint density at radius 3 is 2.58 bits per heavy atom. The van der Waals surface area contributed by atoms with E-state index in [-0.39, 0.29) is 29.5 Å². The van der Waals surface area contributed by atoms with Crippen LogP contribution >= 0.6 is 0 Å². The maximum atomic E-state index is 13.0. The molecule has 1 aromatic rings. The van der Waals surface area contributed by atoms with E-state index in [0.717, 1.165) is 32.0 Å². The molecule has 26 heavy (non-hydrogen) atoms. The molecular weight excluding hydrogens is 352 g/mol. The number of rotatable bonds is 5. The van der Waals surface area contributed by atoms with Gasteiger partial charge in [-0.3, -0.25) is 9.69 Å². The topological polar surface area (TPSA) is 73.8 Å². The van der Waals surface area contributed by atoms with Crippen molar-refractivity contribution >= 4 is 21.6 Å². The van der Waals surface area contributed by atoms with Gasteiger partial charge in [0.15, 0.2) is 9.84 Å². The lowest BCUT2D eigenvalue weighted by Crippen LogP contribution is -2.56. The lowest BCUT2D eigenvalue weighted by Gasteiger charge is -2.40. The fraction of sp³-hybridized carbons (Fsp3) is 0.667. The second kappa shape index (κ2) is 7.92. The Morgan fingerprint density at radius 1 is 1.31 bits per heavy atom. The Hall–Kier alpha value is -1.67. The quantitative estimate of drug-likeness (QED) is 0.746. The molecule has 7 nitrogen and oxygen atoms in total. The smallest absolute Gasteiger partial charge is 0.239 e. The van der Waals surface area contributed by atoms with E-state index in [2.05, 4.69) is 14.8 Å². The SMILES string of the molecule is CCN(C(=O)[C@@H](C)N1CCN(c2ccccn2)CC1)[C@H]1CCS(=O)(=O)C1. The summed E-state index contributed by atoms with van der Waals surface area (Å²) >= 11 is 0. The van der Waals surface area contributed by atoms with Gasteiger partial charge in [-0.15, -0.1) is 0 Å². The molecule has 0 N–H and O–H groups in total. The largest absolute Gasteiger partial charge is 0.354 e. The van der Waals surface area contributed by atoms with E-state index >= 15 is 0 Å². The average Bonchev–Trinajstić information content (AvgIpc) is 3.02. The molecule has 0 bridgehead atoms. The maximum Gasteiger partial charge on any atom is 0.239 e. The minimum absolute atomic E-state index is 0.0425. The number of carbonyl (C=O) groups excluding carboxylic acids is 1. The van der Waals surface area contributed by atoms with Crippen LogP contribution in [0.4, 0.5) is 5.82 Å². The Balaban J connectivity index is 1.58. The van der Waals surface area contributed by atoms with Crippen LogP contribution in [0.2, 0.25) is 0 Å². The van der Waals surface area contributed by atoms with Crippen LogP contribution in [0.5, 0.6) is 0 Å². The van der Waals surface area contributed by atoms with Crippen LogP contribution in [0.15, 0.2) is 24.4 Å². The monoisotopic (exact) mass is 380 g/mol. The first-order chi connectivity index (χ1) is 12.4. The summed E-state index contributed by atoms with van der Waals surface area (Å²) in [5.74, 6) is 1.31. The highest BCUT2D eigenvalue weighted by Gasteiger charge is 2.37. The molecule has 3 heterocycles. The third-order valence-corrected chi connectivity index (χ3v) is 7.22. The first-order valence-electron chi connectivity index (χ1n) is 9.32. The third-order valence-electron chi connectivity index (χ3n) is 5.47. The van der Waals surface area contributed by atoms with Crippen LogP contribution in [-0.2, 0) is 14.6 Å². The molecular formula is C18H28N4O3S. The number of anilines is 1. The zero-order valence-corrected chi connectivity index (χ0v) is 16.4. The van der Waals surface area contributed by atoms with Gasteiger partial charge < -0.3 is 9.80 Å². The van der Waals surface area contributed by atoms with Gasteiger partial charge in [-0.1, -0.05) is 6.07 Å². The molecule has 1 amide bonds. The van der Waals surface area contributed by atoms with E-state index in [1.54, 1.807) is 11.1 Å². The molecule has 0 spiro atoms. The molecule has 2 atom stereocenters. The van der Waals surface area contributed by atoms with Gasteiger partial charge in [0, 0.05) is 45.0 Å². The number of hydrogen-bond acceptors (Lipinski definition) is 6. The molecule has 0 aromatic carbocycles. The first-order valence-corrected chi connectivity index (χ1v) is 11.1. The number of likely N-dealkylation sites (N-methyl/N-ethyl adjacent to an activating group) is 1. The summed E-state index contributed by atoms with van der Waals surface area (Å²) in [6, 6.07) is 5.49. The lowest BCUT2D eigenvalue weighted by atomic mass is 10.1. The van der Waals surface area contributed by atoms with Crippen molar-refractivity contribution in [3.63, 3.8) is 0 Å². The van der Waals surface area contributed by atoms with E-state index in [0.29, 0.717) is 13.0 Å². The maximum absolute atomic E-state index is 13.0. The Bertz CT molecular complexity index is 717. The number of piperazine rings is 1. The highest BCUT2D eigenvalue weighted by Crippen LogP contribution is 2.20. The summed E-state index contributed by atoms with van der Waals surface area (Å²) in [6.07, 6.45) is 2.35. The zero-order chi connectivity index (χ0) is 18.7. The van der Waals surface area contributed by atoms with Crippen LogP contribution in [0, 0.1) is 0 Å². The minimum atomic E-state index is -2.99. The predicted octanol–water partition coefficient (Wildman–Crippen LogP) is 0.628. The number of amides is 1. The van der Waals surface area contributed by atoms with Crippen LogP contribution in [0.1, 0.15) is 20.3 Å². The molecule has 0 aliphatic carbocycles. The van der Waals surface area contributed by atoms with Crippen molar-refractivity contribution in [2.45, 2.75) is 32.4 Å². The van der Waals surface area contributed by atoms with Crippen molar-refractivity contribution in [1.29, 1.82) is 0 Å². The molecule has 2 fully saturated rings. The van der Waals surface area contributed by atoms with E-state index in [9.17, 15) is 13.2 Å². The van der Waals surface area contributed by atoms with E-state index in [4.69, 9.17) is 0 Å². The highest BCUT2D eigenvalue weighted by molar-refractivity contribution is 7.91. The molecule has 1 aromatic heterocycles. The molecule has 2 saturated heterocycles. The summed E-state index contributed by atoms with van der Waals surface area (Å²) in [5, 5.41) is 0. The van der Waals surface area contributed by atoms with Crippen molar-refractivity contribution < 1.29 is 13.2 Å². The standard InChI is InChI=1S/C18H28N4O3S/c1-3-22(16-7-13-26(24,25)14-16)18(23)15(2)20-9-11-21(12-10-20)17-6-4-5-8-19-17/h4-6,8,15-16H,3,7,9-14H2,1-2H3/t15-,16+/m1/s1. The van der Waals surface area contributed by atoms with Gasteiger partial charge in [-0.05, 0) is 32.4 Å². The third kappa shape index (κ3) is 4.17. The van der Waals surface area contributed by atoms with Crippen molar-refractivity contribution in [3.8, 4) is 0 Å². The fourth-order valence-electron chi connectivity index (χ4n) is 3.89. The molecule has 0 unspecified atom stereocenters. The molecule has 2 aliphatic heterocycles. The van der Waals surface area contributed by atoms with Gasteiger partial charge in [-0.2, -0.15) is 0 Å². The van der Waals surface area contributed by atoms with Gasteiger partial charge in [0.05, 0.1) is 17.5 Å². The Morgan fingerprint density at radius 2 is 2.04 bits per heavy atom. The van der Waals surface area contributed by atoms with Crippen molar-refractivity contribution in [1.82, 2.24) is 14.8 Å². The number of pyridine rings is 1. The van der Waals surface area contributed by atoms with Gasteiger partial charge in [-0.25, -0.2) is 13.4 Å². The molecule has 8 heteroatoms. The molecule has 0 saturated carbocycles. The summed E-state index contributed by atoms with van der Waals surface area (Å²) in [7, 11) is -2.99. The van der Waals surface area contributed by atoms with Crippen molar-refractivity contribution in [2.24, 2.45) is 0 Å². The zero-order valence-electron chi connectivity index (χ0n) is 15.5. The van der Waals surface area contributed by atoms with E-state index < -0.39 is 9.84 Å². The van der Waals surface area contributed by atoms with Crippen molar-refractivity contribution in [2.75, 3.05) is 49.1 Å². The number of nitrogens with zero attached hydrogens (tertiary/aromatic N) is 4. The number of hydrogen-bond donors (Lipinski definition) is 0. The van der Waals surface area contributed by atoms with Crippen LogP contribution in [0.3, 0.4) is 0 Å².